The summed E-state index contributed by atoms with van der Waals surface area (Å²) in [7, 11) is 5.26. The summed E-state index contributed by atoms with van der Waals surface area (Å²) in [6.07, 6.45) is 1.57. The third kappa shape index (κ3) is 3.44. The van der Waals surface area contributed by atoms with E-state index in [-0.39, 0.29) is 11.8 Å². The molecule has 0 saturated heterocycles. The highest BCUT2D eigenvalue weighted by molar-refractivity contribution is 6.31. The maximum atomic E-state index is 12.4. The van der Waals surface area contributed by atoms with Crippen molar-refractivity contribution >= 4 is 28.9 Å². The molecule has 1 N–H and O–H groups in total. The first-order valence-corrected chi connectivity index (χ1v) is 6.68. The van der Waals surface area contributed by atoms with Crippen LogP contribution in [0.15, 0.2) is 36.5 Å². The zero-order valence-corrected chi connectivity index (χ0v) is 12.8. The van der Waals surface area contributed by atoms with Crippen molar-refractivity contribution in [3.05, 3.63) is 47.1 Å². The summed E-state index contributed by atoms with van der Waals surface area (Å²) < 4.78 is 5.10. The van der Waals surface area contributed by atoms with Crippen LogP contribution in [-0.2, 0) is 0 Å². The molecule has 1 heterocycles. The largest absolute Gasteiger partial charge is 0.480 e. The molecule has 0 fully saturated rings. The molecule has 0 aliphatic carbocycles. The summed E-state index contributed by atoms with van der Waals surface area (Å²) in [5.41, 5.74) is 1.85. The smallest absolute Gasteiger partial charge is 0.261 e. The minimum Gasteiger partial charge on any atom is -0.480 e. The SMILES string of the molecule is COc1ncccc1C(=O)Nc1cc(Cl)ccc1N(C)C. The Morgan fingerprint density at radius 2 is 2.10 bits per heavy atom. The Labute approximate surface area is 128 Å². The van der Waals surface area contributed by atoms with Gasteiger partial charge in [0.15, 0.2) is 0 Å². The van der Waals surface area contributed by atoms with Crippen LogP contribution in [0.5, 0.6) is 5.88 Å². The summed E-state index contributed by atoms with van der Waals surface area (Å²) in [5, 5.41) is 3.39. The van der Waals surface area contributed by atoms with Crippen LogP contribution in [0.4, 0.5) is 11.4 Å². The van der Waals surface area contributed by atoms with Gasteiger partial charge >= 0.3 is 0 Å². The molecule has 0 aliphatic heterocycles. The van der Waals surface area contributed by atoms with E-state index in [1.165, 1.54) is 7.11 Å². The number of aromatic nitrogens is 1. The number of nitrogens with zero attached hydrogens (tertiary/aromatic N) is 2. The molecule has 6 heteroatoms. The molecule has 2 aromatic rings. The van der Waals surface area contributed by atoms with Gasteiger partial charge in [-0.1, -0.05) is 11.6 Å². The standard InChI is InChI=1S/C15H16ClN3O2/c1-19(2)13-7-6-10(16)9-12(13)18-14(20)11-5-4-8-17-15(11)21-3/h4-9H,1-3H3,(H,18,20). The Hall–Kier alpha value is -2.27. The van der Waals surface area contributed by atoms with Crippen molar-refractivity contribution in [1.82, 2.24) is 4.98 Å². The molecule has 0 saturated carbocycles. The van der Waals surface area contributed by atoms with Crippen LogP contribution >= 0.6 is 11.6 Å². The van der Waals surface area contributed by atoms with Crippen LogP contribution in [0.1, 0.15) is 10.4 Å². The van der Waals surface area contributed by atoms with Gasteiger partial charge in [-0.2, -0.15) is 0 Å². The zero-order chi connectivity index (χ0) is 15.4. The normalized spacial score (nSPS) is 10.1. The van der Waals surface area contributed by atoms with Crippen LogP contribution in [0.25, 0.3) is 0 Å². The summed E-state index contributed by atoms with van der Waals surface area (Å²) >= 11 is 6.00. The Bertz CT molecular complexity index is 659. The van der Waals surface area contributed by atoms with Gasteiger partial charge in [0.1, 0.15) is 5.56 Å². The zero-order valence-electron chi connectivity index (χ0n) is 12.1. The van der Waals surface area contributed by atoms with E-state index in [0.717, 1.165) is 5.69 Å². The van der Waals surface area contributed by atoms with Crippen LogP contribution in [0.2, 0.25) is 5.02 Å². The summed E-state index contributed by atoms with van der Waals surface area (Å²) in [6.45, 7) is 0. The predicted molar refractivity (Wildman–Crippen MR) is 84.5 cm³/mol. The molecule has 0 aliphatic rings. The molecule has 0 unspecified atom stereocenters. The number of methoxy groups -OCH3 is 1. The molecular weight excluding hydrogens is 290 g/mol. The van der Waals surface area contributed by atoms with E-state index >= 15 is 0 Å². The highest BCUT2D eigenvalue weighted by Gasteiger charge is 2.15. The van der Waals surface area contributed by atoms with Crippen molar-refractivity contribution in [2.24, 2.45) is 0 Å². The summed E-state index contributed by atoms with van der Waals surface area (Å²) in [6, 6.07) is 8.66. The lowest BCUT2D eigenvalue weighted by Gasteiger charge is -2.18. The molecular formula is C15H16ClN3O2. The number of ether oxygens (including phenoxy) is 1. The summed E-state index contributed by atoms with van der Waals surface area (Å²) in [5.74, 6) is -0.0197. The Morgan fingerprint density at radius 1 is 1.33 bits per heavy atom. The predicted octanol–water partition coefficient (Wildman–Crippen LogP) is 3.06. The van der Waals surface area contributed by atoms with Gasteiger partial charge in [-0.25, -0.2) is 4.98 Å². The maximum Gasteiger partial charge on any atom is 0.261 e. The number of hydrogen-bond acceptors (Lipinski definition) is 4. The first-order valence-electron chi connectivity index (χ1n) is 6.30. The van der Waals surface area contributed by atoms with Crippen molar-refractivity contribution in [2.45, 2.75) is 0 Å². The quantitative estimate of drug-likeness (QED) is 0.943. The fourth-order valence-electron chi connectivity index (χ4n) is 1.91. The van der Waals surface area contributed by atoms with E-state index in [1.807, 2.05) is 25.1 Å². The molecule has 5 nitrogen and oxygen atoms in total. The highest BCUT2D eigenvalue weighted by Crippen LogP contribution is 2.28. The molecule has 110 valence electrons. The first-order chi connectivity index (χ1) is 10.0. The molecule has 2 rings (SSSR count). The molecule has 0 radical (unpaired) electrons. The Kier molecular flexibility index (Phi) is 4.65. The van der Waals surface area contributed by atoms with Crippen molar-refractivity contribution in [2.75, 3.05) is 31.4 Å². The van der Waals surface area contributed by atoms with Gasteiger partial charge in [0, 0.05) is 25.3 Å². The molecule has 0 atom stereocenters. The van der Waals surface area contributed by atoms with Gasteiger partial charge in [0.05, 0.1) is 18.5 Å². The van der Waals surface area contributed by atoms with Crippen molar-refractivity contribution in [1.29, 1.82) is 0 Å². The van der Waals surface area contributed by atoms with E-state index in [2.05, 4.69) is 10.3 Å². The molecule has 1 aromatic heterocycles. The molecule has 1 aromatic carbocycles. The van der Waals surface area contributed by atoms with E-state index in [9.17, 15) is 4.79 Å². The third-order valence-corrected chi connectivity index (χ3v) is 3.13. The van der Waals surface area contributed by atoms with Gasteiger partial charge in [0.2, 0.25) is 5.88 Å². The fraction of sp³-hybridized carbons (Fsp3) is 0.200. The Balaban J connectivity index is 2.33. The lowest BCUT2D eigenvalue weighted by Crippen LogP contribution is -2.17. The van der Waals surface area contributed by atoms with Crippen molar-refractivity contribution in [3.63, 3.8) is 0 Å². The average molecular weight is 306 g/mol. The number of benzene rings is 1. The molecule has 0 spiro atoms. The van der Waals surface area contributed by atoms with Crippen molar-refractivity contribution < 1.29 is 9.53 Å². The topological polar surface area (TPSA) is 54.5 Å². The lowest BCUT2D eigenvalue weighted by atomic mass is 10.2. The molecule has 21 heavy (non-hydrogen) atoms. The molecule has 1 amide bonds. The van der Waals surface area contributed by atoms with Gasteiger partial charge < -0.3 is 15.0 Å². The number of halogens is 1. The van der Waals surface area contributed by atoms with E-state index in [0.29, 0.717) is 16.3 Å². The lowest BCUT2D eigenvalue weighted by molar-refractivity contribution is 0.102. The number of nitrogens with one attached hydrogen (secondary N) is 1. The van der Waals surface area contributed by atoms with E-state index < -0.39 is 0 Å². The number of carbonyl (C=O) groups excluding carboxylic acids is 1. The van der Waals surface area contributed by atoms with Gasteiger partial charge in [-0.15, -0.1) is 0 Å². The van der Waals surface area contributed by atoms with Crippen LogP contribution in [-0.4, -0.2) is 32.1 Å². The number of pyridine rings is 1. The maximum absolute atomic E-state index is 12.4. The average Bonchev–Trinajstić information content (AvgIpc) is 2.46. The molecule has 0 bridgehead atoms. The monoisotopic (exact) mass is 305 g/mol. The van der Waals surface area contributed by atoms with E-state index in [1.54, 1.807) is 30.5 Å². The third-order valence-electron chi connectivity index (χ3n) is 2.90. The number of anilines is 2. The second kappa shape index (κ2) is 6.45. The number of hydrogen-bond donors (Lipinski definition) is 1. The second-order valence-corrected chi connectivity index (χ2v) is 5.01. The minimum absolute atomic E-state index is 0.281. The van der Waals surface area contributed by atoms with Crippen LogP contribution < -0.4 is 15.0 Å². The van der Waals surface area contributed by atoms with Crippen LogP contribution in [0.3, 0.4) is 0 Å². The second-order valence-electron chi connectivity index (χ2n) is 4.57. The summed E-state index contributed by atoms with van der Waals surface area (Å²) in [4.78, 5) is 18.3. The van der Waals surface area contributed by atoms with Crippen molar-refractivity contribution in [3.8, 4) is 5.88 Å². The van der Waals surface area contributed by atoms with Crippen LogP contribution in [0, 0.1) is 0 Å². The first kappa shape index (κ1) is 15.1. The number of carbonyl (C=O) groups is 1. The fourth-order valence-corrected chi connectivity index (χ4v) is 2.09. The number of rotatable bonds is 4. The van der Waals surface area contributed by atoms with E-state index in [4.69, 9.17) is 16.3 Å². The highest BCUT2D eigenvalue weighted by atomic mass is 35.5. The number of amides is 1. The minimum atomic E-state index is -0.301. The van der Waals surface area contributed by atoms with Gasteiger partial charge in [-0.05, 0) is 30.3 Å². The Morgan fingerprint density at radius 3 is 2.76 bits per heavy atom. The van der Waals surface area contributed by atoms with Gasteiger partial charge in [-0.3, -0.25) is 4.79 Å². The van der Waals surface area contributed by atoms with Gasteiger partial charge in [0.25, 0.3) is 5.91 Å².